The summed E-state index contributed by atoms with van der Waals surface area (Å²) >= 11 is 0. The van der Waals surface area contributed by atoms with Gasteiger partial charge in [0.15, 0.2) is 0 Å². The van der Waals surface area contributed by atoms with Crippen molar-refractivity contribution in [2.24, 2.45) is 5.92 Å². The Bertz CT molecular complexity index is 1060. The van der Waals surface area contributed by atoms with E-state index >= 15 is 0 Å². The number of aromatic nitrogens is 2. The first-order chi connectivity index (χ1) is 17.3. The van der Waals surface area contributed by atoms with Crippen LogP contribution < -0.4 is 10.6 Å². The van der Waals surface area contributed by atoms with Gasteiger partial charge in [0.1, 0.15) is 11.7 Å². The number of methoxy groups -OCH3 is 1. The molecule has 2 N–H and O–H groups in total. The first kappa shape index (κ1) is 26.8. The van der Waals surface area contributed by atoms with Gasteiger partial charge in [-0.3, -0.25) is 29.0 Å². The number of carbonyl (C=O) groups is 4. The van der Waals surface area contributed by atoms with Crippen LogP contribution >= 0.6 is 0 Å². The minimum Gasteiger partial charge on any atom is -0.517 e. The molecule has 1 saturated heterocycles. The Morgan fingerprint density at radius 2 is 1.92 bits per heavy atom. The Morgan fingerprint density at radius 1 is 1.17 bits per heavy atom. The van der Waals surface area contributed by atoms with Gasteiger partial charge in [0.05, 0.1) is 32.3 Å². The van der Waals surface area contributed by atoms with Crippen LogP contribution in [0.1, 0.15) is 36.3 Å². The summed E-state index contributed by atoms with van der Waals surface area (Å²) in [5.41, 5.74) is 0.924. The molecule has 2 heterocycles. The quantitative estimate of drug-likeness (QED) is 0.335. The summed E-state index contributed by atoms with van der Waals surface area (Å²) < 4.78 is 10.2. The maximum Gasteiger partial charge on any atom is 0.475 e. The molecule has 1 aromatic carbocycles. The van der Waals surface area contributed by atoms with Crippen LogP contribution in [0.3, 0.4) is 0 Å². The fourth-order valence-corrected chi connectivity index (χ4v) is 3.96. The van der Waals surface area contributed by atoms with Crippen LogP contribution in [0, 0.1) is 5.92 Å². The average molecular weight is 495 g/mol. The monoisotopic (exact) mass is 495 g/mol. The molecule has 0 saturated carbocycles. The number of nitrogens with one attached hydrogen (secondary N) is 2. The SMILES string of the molecule is COC(=O)CN1CC(=O)OB1[C@H](CC(C)C)NC(=O)[C@H](Cc1ccccc1)NC(=O)c1cnccn1. The highest BCUT2D eigenvalue weighted by molar-refractivity contribution is 6.55. The molecule has 11 nitrogen and oxygen atoms in total. The molecule has 1 aliphatic rings. The fourth-order valence-electron chi connectivity index (χ4n) is 3.96. The molecular weight excluding hydrogens is 465 g/mol. The fraction of sp³-hybridized carbons (Fsp3) is 0.417. The van der Waals surface area contributed by atoms with Crippen molar-refractivity contribution in [2.45, 2.75) is 38.7 Å². The molecule has 0 radical (unpaired) electrons. The van der Waals surface area contributed by atoms with Crippen LogP contribution in [0.2, 0.25) is 0 Å². The zero-order valence-corrected chi connectivity index (χ0v) is 20.5. The Labute approximate surface area is 210 Å². The van der Waals surface area contributed by atoms with Crippen LogP contribution in [0.4, 0.5) is 0 Å². The normalized spacial score (nSPS) is 15.2. The maximum atomic E-state index is 13.5. The van der Waals surface area contributed by atoms with E-state index in [2.05, 4.69) is 20.6 Å². The van der Waals surface area contributed by atoms with Gasteiger partial charge < -0.3 is 20.0 Å². The predicted molar refractivity (Wildman–Crippen MR) is 130 cm³/mol. The van der Waals surface area contributed by atoms with Crippen molar-refractivity contribution in [1.29, 1.82) is 0 Å². The van der Waals surface area contributed by atoms with E-state index in [1.54, 1.807) is 0 Å². The molecule has 36 heavy (non-hydrogen) atoms. The summed E-state index contributed by atoms with van der Waals surface area (Å²) in [4.78, 5) is 59.7. The van der Waals surface area contributed by atoms with Crippen molar-refractivity contribution in [3.05, 3.63) is 60.2 Å². The first-order valence-electron chi connectivity index (χ1n) is 11.7. The number of nitrogens with zero attached hydrogens (tertiary/aromatic N) is 3. The molecule has 2 atom stereocenters. The van der Waals surface area contributed by atoms with Crippen LogP contribution in [0.25, 0.3) is 0 Å². The molecule has 1 fully saturated rings. The van der Waals surface area contributed by atoms with E-state index in [0.717, 1.165) is 5.56 Å². The molecule has 3 rings (SSSR count). The van der Waals surface area contributed by atoms with E-state index in [9.17, 15) is 19.2 Å². The van der Waals surface area contributed by atoms with E-state index in [4.69, 9.17) is 9.39 Å². The molecule has 0 unspecified atom stereocenters. The number of hydrogen-bond donors (Lipinski definition) is 2. The highest BCUT2D eigenvalue weighted by atomic mass is 16.5. The van der Waals surface area contributed by atoms with Crippen molar-refractivity contribution in [3.63, 3.8) is 0 Å². The van der Waals surface area contributed by atoms with Crippen molar-refractivity contribution in [2.75, 3.05) is 20.2 Å². The zero-order valence-electron chi connectivity index (χ0n) is 20.5. The number of rotatable bonds is 11. The smallest absolute Gasteiger partial charge is 0.475 e. The van der Waals surface area contributed by atoms with Crippen LogP contribution in [0.5, 0.6) is 0 Å². The van der Waals surface area contributed by atoms with Crippen molar-refractivity contribution in [3.8, 4) is 0 Å². The summed E-state index contributed by atoms with van der Waals surface area (Å²) in [5, 5.41) is 5.69. The molecule has 0 aliphatic carbocycles. The number of benzene rings is 1. The number of hydrogen-bond acceptors (Lipinski definition) is 9. The van der Waals surface area contributed by atoms with Gasteiger partial charge in [-0.25, -0.2) is 4.98 Å². The third-order valence-electron chi connectivity index (χ3n) is 5.60. The predicted octanol–water partition coefficient (Wildman–Crippen LogP) is 0.408. The van der Waals surface area contributed by atoms with Gasteiger partial charge in [-0.2, -0.15) is 0 Å². The van der Waals surface area contributed by atoms with Gasteiger partial charge in [-0.1, -0.05) is 44.2 Å². The third-order valence-corrected chi connectivity index (χ3v) is 5.60. The Balaban J connectivity index is 1.82. The first-order valence-corrected chi connectivity index (χ1v) is 11.7. The van der Waals surface area contributed by atoms with Crippen LogP contribution in [0.15, 0.2) is 48.9 Å². The number of ether oxygens (including phenoxy) is 1. The van der Waals surface area contributed by atoms with Gasteiger partial charge >= 0.3 is 19.0 Å². The second kappa shape index (κ2) is 12.8. The van der Waals surface area contributed by atoms with Gasteiger partial charge in [0.2, 0.25) is 5.91 Å². The van der Waals surface area contributed by atoms with Crippen molar-refractivity contribution < 1.29 is 28.6 Å². The molecule has 0 spiro atoms. The molecule has 0 bridgehead atoms. The van der Waals surface area contributed by atoms with Gasteiger partial charge in [0.25, 0.3) is 5.91 Å². The minimum absolute atomic E-state index is 0.0797. The second-order valence-corrected chi connectivity index (χ2v) is 8.91. The number of amides is 2. The van der Waals surface area contributed by atoms with E-state index in [1.807, 2.05) is 44.2 Å². The zero-order chi connectivity index (χ0) is 26.1. The number of carbonyl (C=O) groups excluding carboxylic acids is 4. The number of esters is 1. The molecule has 2 aromatic rings. The van der Waals surface area contributed by atoms with E-state index in [1.165, 1.54) is 30.5 Å². The lowest BCUT2D eigenvalue weighted by Gasteiger charge is -2.28. The largest absolute Gasteiger partial charge is 0.517 e. The molecule has 190 valence electrons. The molecule has 1 aromatic heterocycles. The third kappa shape index (κ3) is 7.60. The average Bonchev–Trinajstić information content (AvgIpc) is 3.23. The summed E-state index contributed by atoms with van der Waals surface area (Å²) in [6, 6.07) is 8.33. The highest BCUT2D eigenvalue weighted by Crippen LogP contribution is 2.17. The Kier molecular flexibility index (Phi) is 9.51. The van der Waals surface area contributed by atoms with Crippen LogP contribution in [-0.4, -0.2) is 77.8 Å². The molecular formula is C24H30BN5O6. The minimum atomic E-state index is -0.942. The summed E-state index contributed by atoms with van der Waals surface area (Å²) in [6.45, 7) is 3.69. The van der Waals surface area contributed by atoms with Gasteiger partial charge in [-0.05, 0) is 17.9 Å². The Hall–Kier alpha value is -3.80. The lowest BCUT2D eigenvalue weighted by Crippen LogP contribution is -2.59. The van der Waals surface area contributed by atoms with Gasteiger partial charge in [-0.15, -0.1) is 0 Å². The van der Waals surface area contributed by atoms with Crippen molar-refractivity contribution in [1.82, 2.24) is 25.4 Å². The van der Waals surface area contributed by atoms with E-state index in [0.29, 0.717) is 6.42 Å². The lowest BCUT2D eigenvalue weighted by atomic mass is 9.67. The van der Waals surface area contributed by atoms with E-state index < -0.39 is 42.8 Å². The standard InChI is InChI=1S/C24H30BN5O6/c1-16(2)11-20(25-30(14-21(31)35-3)15-22(32)36-25)29-23(33)18(12-17-7-5-4-6-8-17)28-24(34)19-13-26-9-10-27-19/h4-10,13,16,18,20H,11-12,14-15H2,1-3H3,(H,28,34)(H,29,33)/t18-,20-/m0/s1. The molecule has 12 heteroatoms. The Morgan fingerprint density at radius 3 is 2.56 bits per heavy atom. The topological polar surface area (TPSA) is 140 Å². The summed E-state index contributed by atoms with van der Waals surface area (Å²) in [6.07, 6.45) is 4.85. The van der Waals surface area contributed by atoms with E-state index in [-0.39, 0.29) is 31.1 Å². The van der Waals surface area contributed by atoms with Crippen molar-refractivity contribution >= 4 is 30.8 Å². The second-order valence-electron chi connectivity index (χ2n) is 8.91. The maximum absolute atomic E-state index is 13.5. The lowest BCUT2D eigenvalue weighted by molar-refractivity contribution is -0.140. The molecule has 2 amide bonds. The molecule has 1 aliphatic heterocycles. The highest BCUT2D eigenvalue weighted by Gasteiger charge is 2.46. The van der Waals surface area contributed by atoms with Gasteiger partial charge in [0, 0.05) is 18.8 Å². The van der Waals surface area contributed by atoms with Crippen LogP contribution in [-0.2, 0) is 30.2 Å². The summed E-state index contributed by atoms with van der Waals surface area (Å²) in [7, 11) is 0.410. The summed E-state index contributed by atoms with van der Waals surface area (Å²) in [5.74, 6) is -2.51.